The quantitative estimate of drug-likeness (QED) is 0.878. The smallest absolute Gasteiger partial charge is 0.223 e. The van der Waals surface area contributed by atoms with Gasteiger partial charge >= 0.3 is 0 Å². The van der Waals surface area contributed by atoms with Crippen molar-refractivity contribution >= 4 is 18.3 Å². The summed E-state index contributed by atoms with van der Waals surface area (Å²) in [6, 6.07) is 8.01. The van der Waals surface area contributed by atoms with Crippen molar-refractivity contribution in [2.24, 2.45) is 11.7 Å². The molecular weight excluding hydrogens is 288 g/mol. The molecule has 21 heavy (non-hydrogen) atoms. The maximum atomic E-state index is 12.1. The number of carbonyl (C=O) groups is 1. The molecule has 1 aromatic rings. The molecule has 0 heterocycles. The standard InChI is InChI=1S/C16H24N2O2.ClH/c1-11(2)20-15-6-4-3-5-13(15)10-18-16(19)12-7-8-14(17)9-12;/h3-6,11-12,14H,7-10,17H2,1-2H3,(H,18,19);1H. The summed E-state index contributed by atoms with van der Waals surface area (Å²) < 4.78 is 5.75. The minimum Gasteiger partial charge on any atom is -0.491 e. The number of halogens is 1. The van der Waals surface area contributed by atoms with Gasteiger partial charge in [0.05, 0.1) is 6.10 Å². The van der Waals surface area contributed by atoms with Crippen LogP contribution in [-0.2, 0) is 11.3 Å². The normalized spacial score (nSPS) is 21.0. The molecule has 2 rings (SSSR count). The molecule has 1 saturated carbocycles. The van der Waals surface area contributed by atoms with Gasteiger partial charge in [-0.15, -0.1) is 12.4 Å². The fraction of sp³-hybridized carbons (Fsp3) is 0.562. The summed E-state index contributed by atoms with van der Waals surface area (Å²) in [5, 5.41) is 3.00. The van der Waals surface area contributed by atoms with Crippen LogP contribution in [0.3, 0.4) is 0 Å². The van der Waals surface area contributed by atoms with Crippen LogP contribution in [0, 0.1) is 5.92 Å². The van der Waals surface area contributed by atoms with E-state index in [9.17, 15) is 4.79 Å². The third-order valence-electron chi connectivity index (χ3n) is 3.63. The first-order valence-electron chi connectivity index (χ1n) is 7.34. The number of nitrogens with two attached hydrogens (primary N) is 1. The summed E-state index contributed by atoms with van der Waals surface area (Å²) in [6.07, 6.45) is 2.78. The number of nitrogens with one attached hydrogen (secondary N) is 1. The highest BCUT2D eigenvalue weighted by Gasteiger charge is 2.27. The zero-order valence-corrected chi connectivity index (χ0v) is 13.5. The molecule has 4 nitrogen and oxygen atoms in total. The molecule has 0 radical (unpaired) electrons. The van der Waals surface area contributed by atoms with Crippen LogP contribution in [0.2, 0.25) is 0 Å². The van der Waals surface area contributed by atoms with Gasteiger partial charge < -0.3 is 15.8 Å². The first-order chi connectivity index (χ1) is 9.56. The van der Waals surface area contributed by atoms with Gasteiger partial charge in [-0.25, -0.2) is 0 Å². The van der Waals surface area contributed by atoms with Crippen LogP contribution < -0.4 is 15.8 Å². The number of amides is 1. The monoisotopic (exact) mass is 312 g/mol. The number of hydrogen-bond donors (Lipinski definition) is 2. The SMILES string of the molecule is CC(C)Oc1ccccc1CNC(=O)C1CCC(N)C1.Cl. The van der Waals surface area contributed by atoms with E-state index in [0.29, 0.717) is 6.54 Å². The Morgan fingerprint density at radius 3 is 2.71 bits per heavy atom. The van der Waals surface area contributed by atoms with Crippen LogP contribution in [0.1, 0.15) is 38.7 Å². The Balaban J connectivity index is 0.00000220. The fourth-order valence-corrected chi connectivity index (χ4v) is 2.60. The van der Waals surface area contributed by atoms with Gasteiger partial charge in [-0.1, -0.05) is 18.2 Å². The second-order valence-electron chi connectivity index (χ2n) is 5.76. The topological polar surface area (TPSA) is 64.3 Å². The molecule has 0 aromatic heterocycles. The Hall–Kier alpha value is -1.26. The lowest BCUT2D eigenvalue weighted by Crippen LogP contribution is -2.30. The van der Waals surface area contributed by atoms with Crippen LogP contribution >= 0.6 is 12.4 Å². The van der Waals surface area contributed by atoms with Gasteiger partial charge in [-0.3, -0.25) is 4.79 Å². The Kier molecular flexibility index (Phi) is 6.99. The third kappa shape index (κ3) is 5.21. The van der Waals surface area contributed by atoms with Gasteiger partial charge in [0, 0.05) is 24.1 Å². The summed E-state index contributed by atoms with van der Waals surface area (Å²) in [7, 11) is 0. The molecule has 5 heteroatoms. The molecule has 1 aromatic carbocycles. The molecule has 0 bridgehead atoms. The summed E-state index contributed by atoms with van der Waals surface area (Å²) >= 11 is 0. The van der Waals surface area contributed by atoms with Crippen molar-refractivity contribution in [1.82, 2.24) is 5.32 Å². The summed E-state index contributed by atoms with van der Waals surface area (Å²) in [6.45, 7) is 4.50. The highest BCUT2D eigenvalue weighted by Crippen LogP contribution is 2.25. The lowest BCUT2D eigenvalue weighted by atomic mass is 10.1. The highest BCUT2D eigenvalue weighted by atomic mass is 35.5. The second kappa shape index (κ2) is 8.25. The van der Waals surface area contributed by atoms with E-state index < -0.39 is 0 Å². The average Bonchev–Trinajstić information content (AvgIpc) is 2.83. The zero-order valence-electron chi connectivity index (χ0n) is 12.7. The number of benzene rings is 1. The Bertz CT molecular complexity index is 465. The first-order valence-corrected chi connectivity index (χ1v) is 7.34. The largest absolute Gasteiger partial charge is 0.491 e. The number of carbonyl (C=O) groups excluding carboxylic acids is 1. The van der Waals surface area contributed by atoms with E-state index in [1.54, 1.807) is 0 Å². The van der Waals surface area contributed by atoms with Gasteiger partial charge in [-0.05, 0) is 39.2 Å². The minimum absolute atomic E-state index is 0. The average molecular weight is 313 g/mol. The van der Waals surface area contributed by atoms with Crippen LogP contribution in [0.4, 0.5) is 0 Å². The Morgan fingerprint density at radius 2 is 2.10 bits per heavy atom. The summed E-state index contributed by atoms with van der Waals surface area (Å²) in [5.74, 6) is 1.02. The van der Waals surface area contributed by atoms with Crippen molar-refractivity contribution in [2.75, 3.05) is 0 Å². The minimum atomic E-state index is 0. The van der Waals surface area contributed by atoms with Gasteiger partial charge in [0.2, 0.25) is 5.91 Å². The van der Waals surface area contributed by atoms with Crippen LogP contribution in [0.15, 0.2) is 24.3 Å². The van der Waals surface area contributed by atoms with Crippen molar-refractivity contribution in [2.45, 2.75) is 51.8 Å². The number of rotatable bonds is 5. The number of hydrogen-bond acceptors (Lipinski definition) is 3. The molecular formula is C16H25ClN2O2. The highest BCUT2D eigenvalue weighted by molar-refractivity contribution is 5.85. The summed E-state index contributed by atoms with van der Waals surface area (Å²) in [4.78, 5) is 12.1. The van der Waals surface area contributed by atoms with Gasteiger partial charge in [0.1, 0.15) is 5.75 Å². The Morgan fingerprint density at radius 1 is 1.38 bits per heavy atom. The van der Waals surface area contributed by atoms with E-state index >= 15 is 0 Å². The lowest BCUT2D eigenvalue weighted by Gasteiger charge is -2.16. The number of ether oxygens (including phenoxy) is 1. The fourth-order valence-electron chi connectivity index (χ4n) is 2.60. The van der Waals surface area contributed by atoms with Gasteiger partial charge in [0.15, 0.2) is 0 Å². The molecule has 2 unspecified atom stereocenters. The molecule has 3 N–H and O–H groups in total. The van der Waals surface area contributed by atoms with E-state index in [1.807, 2.05) is 38.1 Å². The van der Waals surface area contributed by atoms with Crippen molar-refractivity contribution in [3.05, 3.63) is 29.8 Å². The predicted molar refractivity (Wildman–Crippen MR) is 86.6 cm³/mol. The molecule has 1 fully saturated rings. The first kappa shape index (κ1) is 17.8. The van der Waals surface area contributed by atoms with E-state index in [-0.39, 0.29) is 36.4 Å². The molecule has 1 aliphatic rings. The van der Waals surface area contributed by atoms with Crippen LogP contribution in [0.25, 0.3) is 0 Å². The van der Waals surface area contributed by atoms with Crippen LogP contribution in [0.5, 0.6) is 5.75 Å². The molecule has 1 amide bonds. The van der Waals surface area contributed by atoms with E-state index in [1.165, 1.54) is 0 Å². The molecule has 2 atom stereocenters. The van der Waals surface area contributed by atoms with E-state index in [0.717, 1.165) is 30.6 Å². The molecule has 0 aliphatic heterocycles. The van der Waals surface area contributed by atoms with Gasteiger partial charge in [0.25, 0.3) is 0 Å². The Labute approximate surface area is 132 Å². The van der Waals surface area contributed by atoms with Gasteiger partial charge in [-0.2, -0.15) is 0 Å². The number of para-hydroxylation sites is 1. The van der Waals surface area contributed by atoms with E-state index in [4.69, 9.17) is 10.5 Å². The molecule has 118 valence electrons. The van der Waals surface area contributed by atoms with Crippen molar-refractivity contribution < 1.29 is 9.53 Å². The zero-order chi connectivity index (χ0) is 14.5. The van der Waals surface area contributed by atoms with Crippen molar-refractivity contribution in [3.8, 4) is 5.75 Å². The molecule has 1 aliphatic carbocycles. The maximum Gasteiger partial charge on any atom is 0.223 e. The van der Waals surface area contributed by atoms with Crippen molar-refractivity contribution in [1.29, 1.82) is 0 Å². The summed E-state index contributed by atoms with van der Waals surface area (Å²) in [5.41, 5.74) is 6.86. The maximum absolute atomic E-state index is 12.1. The lowest BCUT2D eigenvalue weighted by molar-refractivity contribution is -0.125. The van der Waals surface area contributed by atoms with E-state index in [2.05, 4.69) is 5.32 Å². The molecule has 0 spiro atoms. The third-order valence-corrected chi connectivity index (χ3v) is 3.63. The van der Waals surface area contributed by atoms with Crippen molar-refractivity contribution in [3.63, 3.8) is 0 Å². The second-order valence-corrected chi connectivity index (χ2v) is 5.76. The molecule has 0 saturated heterocycles. The van der Waals surface area contributed by atoms with Crippen LogP contribution in [-0.4, -0.2) is 18.1 Å². The predicted octanol–water partition coefficient (Wildman–Crippen LogP) is 2.64.